The molecule has 1 N–H and O–H groups in total. The van der Waals surface area contributed by atoms with Crippen molar-refractivity contribution in [1.29, 1.82) is 0 Å². The molecule has 0 spiro atoms. The van der Waals surface area contributed by atoms with Gasteiger partial charge in [0.25, 0.3) is 0 Å². The summed E-state index contributed by atoms with van der Waals surface area (Å²) in [6.45, 7) is 0. The normalized spacial score (nSPS) is 10.4. The molecule has 7 nitrogen and oxygen atoms in total. The molecular formula is C20H18BrNO6. The zero-order valence-electron chi connectivity index (χ0n) is 15.4. The summed E-state index contributed by atoms with van der Waals surface area (Å²) in [5.74, 6) is -1.14. The van der Waals surface area contributed by atoms with Crippen LogP contribution in [0.25, 0.3) is 6.08 Å². The van der Waals surface area contributed by atoms with E-state index in [1.807, 2.05) is 6.07 Å². The molecule has 0 bridgehead atoms. The number of ether oxygens (including phenoxy) is 3. The third kappa shape index (κ3) is 5.43. The van der Waals surface area contributed by atoms with Gasteiger partial charge in [0.1, 0.15) is 5.75 Å². The molecule has 8 heteroatoms. The predicted octanol–water partition coefficient (Wildman–Crippen LogP) is 3.68. The van der Waals surface area contributed by atoms with E-state index in [-0.39, 0.29) is 16.8 Å². The van der Waals surface area contributed by atoms with Crippen LogP contribution < -0.4 is 10.1 Å². The molecule has 0 unspecified atom stereocenters. The van der Waals surface area contributed by atoms with E-state index in [0.29, 0.717) is 11.3 Å². The van der Waals surface area contributed by atoms with Crippen molar-refractivity contribution in [2.75, 3.05) is 26.6 Å². The summed E-state index contributed by atoms with van der Waals surface area (Å²) in [5.41, 5.74) is 1.17. The third-order valence-corrected chi connectivity index (χ3v) is 4.14. The van der Waals surface area contributed by atoms with Crippen LogP contribution in [0.3, 0.4) is 0 Å². The van der Waals surface area contributed by atoms with Crippen molar-refractivity contribution in [2.45, 2.75) is 0 Å². The molecule has 0 atom stereocenters. The minimum Gasteiger partial charge on any atom is -0.496 e. The van der Waals surface area contributed by atoms with Gasteiger partial charge in [0.15, 0.2) is 0 Å². The molecule has 0 saturated carbocycles. The van der Waals surface area contributed by atoms with Gasteiger partial charge in [-0.3, -0.25) is 4.79 Å². The zero-order chi connectivity index (χ0) is 20.7. The van der Waals surface area contributed by atoms with Crippen molar-refractivity contribution in [2.24, 2.45) is 0 Å². The van der Waals surface area contributed by atoms with E-state index in [2.05, 4.69) is 30.7 Å². The number of hydrogen-bond acceptors (Lipinski definition) is 6. The second-order valence-corrected chi connectivity index (χ2v) is 6.41. The first-order valence-corrected chi connectivity index (χ1v) is 8.81. The molecule has 0 aliphatic rings. The molecule has 0 fully saturated rings. The Morgan fingerprint density at radius 1 is 0.929 bits per heavy atom. The van der Waals surface area contributed by atoms with Crippen LogP contribution in [0.1, 0.15) is 26.3 Å². The highest BCUT2D eigenvalue weighted by Gasteiger charge is 2.14. The number of carbonyl (C=O) groups is 3. The molecule has 0 aliphatic carbocycles. The molecule has 146 valence electrons. The molecular weight excluding hydrogens is 430 g/mol. The van der Waals surface area contributed by atoms with Crippen LogP contribution in [-0.2, 0) is 14.3 Å². The molecule has 0 radical (unpaired) electrons. The maximum atomic E-state index is 12.3. The van der Waals surface area contributed by atoms with Crippen molar-refractivity contribution in [3.63, 3.8) is 0 Å². The lowest BCUT2D eigenvalue weighted by Crippen LogP contribution is -2.12. The van der Waals surface area contributed by atoms with Crippen LogP contribution in [0.4, 0.5) is 5.69 Å². The number of esters is 2. The van der Waals surface area contributed by atoms with E-state index in [1.165, 1.54) is 45.6 Å². The van der Waals surface area contributed by atoms with Gasteiger partial charge in [0.05, 0.1) is 32.5 Å². The van der Waals surface area contributed by atoms with Crippen molar-refractivity contribution >= 4 is 45.5 Å². The summed E-state index contributed by atoms with van der Waals surface area (Å²) in [6, 6.07) is 9.53. The molecule has 2 aromatic carbocycles. The molecule has 0 aromatic heterocycles. The molecule has 1 amide bonds. The monoisotopic (exact) mass is 447 g/mol. The average Bonchev–Trinajstić information content (AvgIpc) is 2.70. The summed E-state index contributed by atoms with van der Waals surface area (Å²) in [4.78, 5) is 35.9. The van der Waals surface area contributed by atoms with Gasteiger partial charge in [-0.15, -0.1) is 0 Å². The Morgan fingerprint density at radius 3 is 2.07 bits per heavy atom. The number of methoxy groups -OCH3 is 3. The number of hydrogen-bond donors (Lipinski definition) is 1. The molecule has 0 heterocycles. The minimum atomic E-state index is -0.643. The standard InChI is InChI=1S/C20H18BrNO6/c1-26-17-6-5-15(21)9-12(17)4-7-18(23)22-16-10-13(19(24)27-2)8-14(11-16)20(25)28-3/h4-11H,1-3H3,(H,22,23)/b7-4+. The van der Waals surface area contributed by atoms with Crippen LogP contribution >= 0.6 is 15.9 Å². The van der Waals surface area contributed by atoms with E-state index < -0.39 is 17.8 Å². The minimum absolute atomic E-state index is 0.110. The summed E-state index contributed by atoms with van der Waals surface area (Å²) in [6.07, 6.45) is 2.90. The van der Waals surface area contributed by atoms with Crippen LogP contribution in [0.5, 0.6) is 5.75 Å². The second-order valence-electron chi connectivity index (χ2n) is 5.49. The lowest BCUT2D eigenvalue weighted by Gasteiger charge is -2.08. The van der Waals surface area contributed by atoms with Gasteiger partial charge in [-0.25, -0.2) is 9.59 Å². The van der Waals surface area contributed by atoms with Crippen molar-refractivity contribution < 1.29 is 28.6 Å². The van der Waals surface area contributed by atoms with E-state index in [4.69, 9.17) is 4.74 Å². The first kappa shape index (κ1) is 21.2. The van der Waals surface area contributed by atoms with Gasteiger partial charge >= 0.3 is 11.9 Å². The zero-order valence-corrected chi connectivity index (χ0v) is 17.0. The van der Waals surface area contributed by atoms with E-state index >= 15 is 0 Å². The van der Waals surface area contributed by atoms with Crippen molar-refractivity contribution in [3.8, 4) is 5.75 Å². The van der Waals surface area contributed by atoms with Crippen LogP contribution in [0, 0.1) is 0 Å². The molecule has 0 saturated heterocycles. The van der Waals surface area contributed by atoms with Crippen LogP contribution in [0.2, 0.25) is 0 Å². The summed E-state index contributed by atoms with van der Waals surface area (Å²) < 4.78 is 15.4. The quantitative estimate of drug-likeness (QED) is 0.536. The van der Waals surface area contributed by atoms with E-state index in [0.717, 1.165) is 4.47 Å². The molecule has 2 aromatic rings. The fourth-order valence-corrected chi connectivity index (χ4v) is 2.73. The predicted molar refractivity (Wildman–Crippen MR) is 107 cm³/mol. The Hall–Kier alpha value is -3.13. The average molecular weight is 448 g/mol. The number of rotatable bonds is 6. The van der Waals surface area contributed by atoms with Crippen molar-refractivity contribution in [3.05, 3.63) is 63.6 Å². The number of benzene rings is 2. The summed E-state index contributed by atoms with van der Waals surface area (Å²) in [7, 11) is 3.98. The Kier molecular flexibility index (Phi) is 7.34. The molecule has 0 aliphatic heterocycles. The van der Waals surface area contributed by atoms with Gasteiger partial charge in [-0.2, -0.15) is 0 Å². The van der Waals surface area contributed by atoms with Crippen LogP contribution in [-0.4, -0.2) is 39.2 Å². The Labute approximate surface area is 170 Å². The first-order chi connectivity index (χ1) is 13.4. The van der Waals surface area contributed by atoms with Gasteiger partial charge in [0, 0.05) is 21.8 Å². The van der Waals surface area contributed by atoms with Crippen molar-refractivity contribution in [1.82, 2.24) is 0 Å². The Balaban J connectivity index is 2.26. The van der Waals surface area contributed by atoms with E-state index in [9.17, 15) is 14.4 Å². The largest absolute Gasteiger partial charge is 0.496 e. The Morgan fingerprint density at radius 2 is 1.54 bits per heavy atom. The second kappa shape index (κ2) is 9.70. The highest BCUT2D eigenvalue weighted by molar-refractivity contribution is 9.10. The third-order valence-electron chi connectivity index (χ3n) is 3.65. The smallest absolute Gasteiger partial charge is 0.337 e. The first-order valence-electron chi connectivity index (χ1n) is 8.02. The van der Waals surface area contributed by atoms with E-state index in [1.54, 1.807) is 18.2 Å². The topological polar surface area (TPSA) is 90.9 Å². The fourth-order valence-electron chi connectivity index (χ4n) is 2.36. The fraction of sp³-hybridized carbons (Fsp3) is 0.150. The van der Waals surface area contributed by atoms with Gasteiger partial charge in [-0.05, 0) is 42.5 Å². The highest BCUT2D eigenvalue weighted by atomic mass is 79.9. The number of anilines is 1. The number of amides is 1. The van der Waals surface area contributed by atoms with Gasteiger partial charge < -0.3 is 19.5 Å². The van der Waals surface area contributed by atoms with Gasteiger partial charge in [-0.1, -0.05) is 15.9 Å². The Bertz CT molecular complexity index is 904. The number of carbonyl (C=O) groups excluding carboxylic acids is 3. The number of nitrogens with one attached hydrogen (secondary N) is 1. The molecule has 2 rings (SSSR count). The molecule has 28 heavy (non-hydrogen) atoms. The maximum absolute atomic E-state index is 12.3. The highest BCUT2D eigenvalue weighted by Crippen LogP contribution is 2.24. The summed E-state index contributed by atoms with van der Waals surface area (Å²) in [5, 5.41) is 2.61. The lowest BCUT2D eigenvalue weighted by atomic mass is 10.1. The van der Waals surface area contributed by atoms with Crippen LogP contribution in [0.15, 0.2) is 46.9 Å². The number of halogens is 1. The van der Waals surface area contributed by atoms with Gasteiger partial charge in [0.2, 0.25) is 5.91 Å². The summed E-state index contributed by atoms with van der Waals surface area (Å²) >= 11 is 3.37. The SMILES string of the molecule is COC(=O)c1cc(NC(=O)/C=C/c2cc(Br)ccc2OC)cc(C(=O)OC)c1. The lowest BCUT2D eigenvalue weighted by molar-refractivity contribution is -0.111. The maximum Gasteiger partial charge on any atom is 0.337 e.